The lowest BCUT2D eigenvalue weighted by Gasteiger charge is -2.13. The van der Waals surface area contributed by atoms with E-state index in [0.717, 1.165) is 0 Å². The third-order valence-electron chi connectivity index (χ3n) is 3.62. The number of aromatic nitrogens is 4. The molecule has 3 aromatic rings. The van der Waals surface area contributed by atoms with Crippen molar-refractivity contribution < 1.29 is 17.9 Å². The highest BCUT2D eigenvalue weighted by Crippen LogP contribution is 2.29. The number of anilines is 1. The summed E-state index contributed by atoms with van der Waals surface area (Å²) in [7, 11) is -1.11. The number of methoxy groups -OCH3 is 2. The van der Waals surface area contributed by atoms with Crippen LogP contribution in [0.4, 0.5) is 5.82 Å². The van der Waals surface area contributed by atoms with Gasteiger partial charge < -0.3 is 9.47 Å². The van der Waals surface area contributed by atoms with Gasteiger partial charge in [-0.25, -0.2) is 23.4 Å². The van der Waals surface area contributed by atoms with Crippen molar-refractivity contribution in [3.63, 3.8) is 0 Å². The predicted molar refractivity (Wildman–Crippen MR) is 94.2 cm³/mol. The highest BCUT2D eigenvalue weighted by Gasteiger charge is 2.21. The first-order chi connectivity index (χ1) is 12.4. The molecule has 0 aliphatic carbocycles. The highest BCUT2D eigenvalue weighted by molar-refractivity contribution is 7.92. The average Bonchev–Trinajstić information content (AvgIpc) is 3.07. The van der Waals surface area contributed by atoms with E-state index >= 15 is 0 Å². The monoisotopic (exact) mass is 375 g/mol. The first kappa shape index (κ1) is 17.7. The Kier molecular flexibility index (Phi) is 4.76. The van der Waals surface area contributed by atoms with Crippen molar-refractivity contribution in [2.45, 2.75) is 11.8 Å². The van der Waals surface area contributed by atoms with Crippen LogP contribution in [0, 0.1) is 6.92 Å². The van der Waals surface area contributed by atoms with Gasteiger partial charge in [0.15, 0.2) is 0 Å². The van der Waals surface area contributed by atoms with Gasteiger partial charge in [0.2, 0.25) is 0 Å². The van der Waals surface area contributed by atoms with Gasteiger partial charge in [-0.3, -0.25) is 9.29 Å². The largest absolute Gasteiger partial charge is 0.497 e. The van der Waals surface area contributed by atoms with Crippen LogP contribution in [0.5, 0.6) is 11.5 Å². The summed E-state index contributed by atoms with van der Waals surface area (Å²) >= 11 is 0. The van der Waals surface area contributed by atoms with Crippen LogP contribution in [0.2, 0.25) is 0 Å². The lowest BCUT2D eigenvalue weighted by atomic mass is 10.3. The molecule has 136 valence electrons. The predicted octanol–water partition coefficient (Wildman–Crippen LogP) is 1.79. The molecule has 0 radical (unpaired) electrons. The lowest BCUT2D eigenvalue weighted by Crippen LogP contribution is -2.15. The molecule has 1 aromatic carbocycles. The van der Waals surface area contributed by atoms with Crippen LogP contribution >= 0.6 is 0 Å². The van der Waals surface area contributed by atoms with E-state index in [-0.39, 0.29) is 16.5 Å². The molecule has 10 heteroatoms. The van der Waals surface area contributed by atoms with Gasteiger partial charge in [0.05, 0.1) is 14.2 Å². The van der Waals surface area contributed by atoms with E-state index in [1.54, 1.807) is 23.0 Å². The molecule has 9 nitrogen and oxygen atoms in total. The lowest BCUT2D eigenvalue weighted by molar-refractivity contribution is 0.392. The normalized spacial score (nSPS) is 11.2. The number of nitrogens with one attached hydrogen (secondary N) is 1. The van der Waals surface area contributed by atoms with Gasteiger partial charge >= 0.3 is 0 Å². The van der Waals surface area contributed by atoms with Crippen molar-refractivity contribution in [2.75, 3.05) is 18.9 Å². The second-order valence-corrected chi connectivity index (χ2v) is 6.88. The Morgan fingerprint density at radius 3 is 2.54 bits per heavy atom. The summed E-state index contributed by atoms with van der Waals surface area (Å²) in [6.45, 7) is 1.81. The molecule has 0 bridgehead atoms. The van der Waals surface area contributed by atoms with E-state index in [0.29, 0.717) is 17.4 Å². The van der Waals surface area contributed by atoms with Gasteiger partial charge in [-0.05, 0) is 19.1 Å². The van der Waals surface area contributed by atoms with Crippen molar-refractivity contribution in [2.24, 2.45) is 0 Å². The number of nitrogens with zero attached hydrogens (tertiary/aromatic N) is 4. The van der Waals surface area contributed by atoms with E-state index in [4.69, 9.17) is 9.47 Å². The fourth-order valence-electron chi connectivity index (χ4n) is 2.34. The van der Waals surface area contributed by atoms with Crippen molar-refractivity contribution in [1.29, 1.82) is 0 Å². The molecule has 0 amide bonds. The Morgan fingerprint density at radius 1 is 1.08 bits per heavy atom. The number of hydrogen-bond donors (Lipinski definition) is 1. The Morgan fingerprint density at radius 2 is 1.88 bits per heavy atom. The van der Waals surface area contributed by atoms with Crippen molar-refractivity contribution >= 4 is 15.8 Å². The Bertz CT molecular complexity index is 1030. The van der Waals surface area contributed by atoms with Crippen LogP contribution in [0.15, 0.2) is 47.9 Å². The van der Waals surface area contributed by atoms with E-state index in [2.05, 4.69) is 19.7 Å². The molecular weight excluding hydrogens is 358 g/mol. The van der Waals surface area contributed by atoms with Crippen LogP contribution in [-0.4, -0.2) is 42.2 Å². The van der Waals surface area contributed by atoms with Gasteiger partial charge in [0, 0.05) is 24.5 Å². The molecule has 0 saturated heterocycles. The molecule has 1 N–H and O–H groups in total. The highest BCUT2D eigenvalue weighted by atomic mass is 32.2. The number of hydrogen-bond acceptors (Lipinski definition) is 7. The Hall–Kier alpha value is -3.14. The van der Waals surface area contributed by atoms with Crippen LogP contribution in [0.3, 0.4) is 0 Å². The zero-order valence-electron chi connectivity index (χ0n) is 14.4. The first-order valence-corrected chi connectivity index (χ1v) is 9.00. The maximum atomic E-state index is 12.8. The number of imidazole rings is 1. The third-order valence-corrected chi connectivity index (χ3v) is 5.00. The van der Waals surface area contributed by atoms with Crippen molar-refractivity contribution in [3.05, 3.63) is 48.8 Å². The van der Waals surface area contributed by atoms with E-state index in [1.807, 2.05) is 6.92 Å². The Labute approximate surface area is 150 Å². The summed E-state index contributed by atoms with van der Waals surface area (Å²) < 4.78 is 40.0. The maximum absolute atomic E-state index is 12.8. The molecule has 0 aliphatic heterocycles. The quantitative estimate of drug-likeness (QED) is 0.699. The minimum atomic E-state index is -3.95. The van der Waals surface area contributed by atoms with Crippen molar-refractivity contribution in [3.8, 4) is 17.3 Å². The summed E-state index contributed by atoms with van der Waals surface area (Å²) in [5.41, 5.74) is 0. The molecule has 2 aromatic heterocycles. The number of rotatable bonds is 6. The topological polar surface area (TPSA) is 108 Å². The smallest absolute Gasteiger partial charge is 0.266 e. The summed E-state index contributed by atoms with van der Waals surface area (Å²) in [5, 5.41) is 0. The molecule has 0 spiro atoms. The SMILES string of the molecule is COc1ccc(OC)c(S(=O)(=O)Nc2cc(-n3ccnc3C)ncn2)c1. The number of ether oxygens (including phenoxy) is 2. The molecule has 0 unspecified atom stereocenters. The minimum absolute atomic E-state index is 0.0571. The second kappa shape index (κ2) is 7.00. The zero-order chi connectivity index (χ0) is 18.7. The minimum Gasteiger partial charge on any atom is -0.497 e. The van der Waals surface area contributed by atoms with Gasteiger partial charge in [0.1, 0.15) is 40.2 Å². The molecule has 0 saturated carbocycles. The number of benzene rings is 1. The second-order valence-electron chi connectivity index (χ2n) is 5.23. The van der Waals surface area contributed by atoms with Gasteiger partial charge in [-0.15, -0.1) is 0 Å². The average molecular weight is 375 g/mol. The zero-order valence-corrected chi connectivity index (χ0v) is 15.2. The molecule has 0 atom stereocenters. The molecule has 0 fully saturated rings. The summed E-state index contributed by atoms with van der Waals surface area (Å²) in [6.07, 6.45) is 4.62. The number of sulfonamides is 1. The van der Waals surface area contributed by atoms with Gasteiger partial charge in [-0.1, -0.05) is 0 Å². The van der Waals surface area contributed by atoms with Crippen LogP contribution < -0.4 is 14.2 Å². The van der Waals surface area contributed by atoms with Gasteiger partial charge in [0.25, 0.3) is 10.0 Å². The molecule has 3 rings (SSSR count). The molecule has 0 aliphatic rings. The van der Waals surface area contributed by atoms with Crippen LogP contribution in [0.1, 0.15) is 5.82 Å². The first-order valence-electron chi connectivity index (χ1n) is 7.52. The maximum Gasteiger partial charge on any atom is 0.266 e. The summed E-state index contributed by atoms with van der Waals surface area (Å²) in [5.74, 6) is 1.91. The fourth-order valence-corrected chi connectivity index (χ4v) is 3.53. The third kappa shape index (κ3) is 3.45. The number of aryl methyl sites for hydroxylation is 1. The molecule has 26 heavy (non-hydrogen) atoms. The standard InChI is InChI=1S/C16H17N5O4S/c1-11-17-6-7-21(11)16-9-15(18-10-19-16)20-26(22,23)14-8-12(24-2)4-5-13(14)25-3/h4-10H,1-3H3,(H,18,19,20). The summed E-state index contributed by atoms with van der Waals surface area (Å²) in [4.78, 5) is 12.2. The van der Waals surface area contributed by atoms with E-state index in [9.17, 15) is 8.42 Å². The molecular formula is C16H17N5O4S. The van der Waals surface area contributed by atoms with E-state index < -0.39 is 10.0 Å². The van der Waals surface area contributed by atoms with Crippen molar-refractivity contribution in [1.82, 2.24) is 19.5 Å². The molecule has 2 heterocycles. The van der Waals surface area contributed by atoms with Gasteiger partial charge in [-0.2, -0.15) is 0 Å². The fraction of sp³-hybridized carbons (Fsp3) is 0.188. The van der Waals surface area contributed by atoms with Crippen LogP contribution in [0.25, 0.3) is 5.82 Å². The Balaban J connectivity index is 1.97. The summed E-state index contributed by atoms with van der Waals surface area (Å²) in [6, 6.07) is 6.03. The van der Waals surface area contributed by atoms with E-state index in [1.165, 1.54) is 38.7 Å². The van der Waals surface area contributed by atoms with Crippen LogP contribution in [-0.2, 0) is 10.0 Å².